The average Bonchev–Trinajstić information content (AvgIpc) is 2.89. The molecule has 178 valence electrons. The number of anilines is 1. The lowest BCUT2D eigenvalue weighted by atomic mass is 9.83. The third-order valence-corrected chi connectivity index (χ3v) is 5.99. The molecule has 8 nitrogen and oxygen atoms in total. The molecule has 36 heavy (non-hydrogen) atoms. The molecule has 4 aromatic rings. The number of ether oxygens (including phenoxy) is 2. The molecule has 3 aromatic carbocycles. The summed E-state index contributed by atoms with van der Waals surface area (Å²) in [6.45, 7) is 1.09. The van der Waals surface area contributed by atoms with Crippen LogP contribution in [0.3, 0.4) is 0 Å². The van der Waals surface area contributed by atoms with Crippen molar-refractivity contribution in [2.24, 2.45) is 0 Å². The van der Waals surface area contributed by atoms with Crippen LogP contribution in [0.25, 0.3) is 10.9 Å². The Morgan fingerprint density at radius 1 is 0.889 bits per heavy atom. The second-order valence-electron chi connectivity index (χ2n) is 8.24. The summed E-state index contributed by atoms with van der Waals surface area (Å²) in [6, 6.07) is 18.2. The molecule has 1 heterocycles. The van der Waals surface area contributed by atoms with Gasteiger partial charge in [0.2, 0.25) is 0 Å². The van der Waals surface area contributed by atoms with Gasteiger partial charge < -0.3 is 14.8 Å². The highest BCUT2D eigenvalue weighted by molar-refractivity contribution is 6.30. The van der Waals surface area contributed by atoms with Crippen LogP contribution >= 0.6 is 0 Å². The lowest BCUT2D eigenvalue weighted by Crippen LogP contribution is -2.26. The molecule has 0 saturated heterocycles. The number of pyridine rings is 1. The van der Waals surface area contributed by atoms with Gasteiger partial charge in [-0.15, -0.1) is 0 Å². The first-order valence-electron chi connectivity index (χ1n) is 11.1. The van der Waals surface area contributed by atoms with Crippen LogP contribution in [-0.2, 0) is 9.53 Å². The molecule has 1 N–H and O–H groups in total. The van der Waals surface area contributed by atoms with Crippen LogP contribution < -0.4 is 10.1 Å². The molecule has 5 rings (SSSR count). The van der Waals surface area contributed by atoms with E-state index in [1.807, 2.05) is 0 Å². The number of methoxy groups -OCH3 is 1. The second kappa shape index (κ2) is 9.07. The van der Waals surface area contributed by atoms with Crippen LogP contribution in [0.5, 0.6) is 5.75 Å². The monoisotopic (exact) mass is 480 g/mol. The van der Waals surface area contributed by atoms with Crippen LogP contribution in [0, 0.1) is 6.92 Å². The van der Waals surface area contributed by atoms with E-state index in [0.29, 0.717) is 27.9 Å². The number of aryl methyl sites for hydroxylation is 1. The molecule has 0 saturated carbocycles. The molecule has 0 aliphatic heterocycles. The van der Waals surface area contributed by atoms with Gasteiger partial charge in [-0.1, -0.05) is 36.4 Å². The molecule has 1 aliphatic carbocycles. The maximum Gasteiger partial charge on any atom is 0.340 e. The summed E-state index contributed by atoms with van der Waals surface area (Å²) in [5.74, 6) is -1.40. The van der Waals surface area contributed by atoms with Crippen LogP contribution in [0.1, 0.15) is 47.9 Å². The predicted octanol–water partition coefficient (Wildman–Crippen LogP) is 4.12. The summed E-state index contributed by atoms with van der Waals surface area (Å²) in [6.07, 6.45) is 0. The largest absolute Gasteiger partial charge is 0.497 e. The Hall–Kier alpha value is -4.85. The Labute approximate surface area is 205 Å². The highest BCUT2D eigenvalue weighted by Gasteiger charge is 2.31. The maximum atomic E-state index is 13.1. The number of nitrogens with one attached hydrogen (secondary N) is 1. The fourth-order valence-corrected chi connectivity index (χ4v) is 4.23. The number of aromatic nitrogens is 1. The first-order chi connectivity index (χ1) is 17.4. The van der Waals surface area contributed by atoms with Gasteiger partial charge in [0.1, 0.15) is 5.75 Å². The van der Waals surface area contributed by atoms with Gasteiger partial charge in [-0.3, -0.25) is 19.4 Å². The van der Waals surface area contributed by atoms with E-state index in [0.717, 1.165) is 0 Å². The van der Waals surface area contributed by atoms with Gasteiger partial charge in [0.25, 0.3) is 5.91 Å². The zero-order chi connectivity index (χ0) is 25.4. The number of hydrogen-bond donors (Lipinski definition) is 1. The van der Waals surface area contributed by atoms with E-state index in [1.54, 1.807) is 74.7 Å². The van der Waals surface area contributed by atoms with E-state index in [4.69, 9.17) is 9.47 Å². The van der Waals surface area contributed by atoms with Crippen molar-refractivity contribution < 1.29 is 28.7 Å². The maximum absolute atomic E-state index is 13.1. The fourth-order valence-electron chi connectivity index (χ4n) is 4.23. The van der Waals surface area contributed by atoms with Gasteiger partial charge in [-0.05, 0) is 37.3 Å². The number of benzene rings is 3. The van der Waals surface area contributed by atoms with Crippen LogP contribution in [0.4, 0.5) is 5.69 Å². The Morgan fingerprint density at radius 3 is 2.36 bits per heavy atom. The molecular weight excluding hydrogens is 460 g/mol. The normalized spacial score (nSPS) is 12.1. The zero-order valence-electron chi connectivity index (χ0n) is 19.5. The molecule has 0 fully saturated rings. The van der Waals surface area contributed by atoms with E-state index >= 15 is 0 Å². The van der Waals surface area contributed by atoms with Gasteiger partial charge in [-0.25, -0.2) is 4.79 Å². The van der Waals surface area contributed by atoms with Crippen molar-refractivity contribution in [3.8, 4) is 5.75 Å². The van der Waals surface area contributed by atoms with Crippen molar-refractivity contribution in [2.75, 3.05) is 19.0 Å². The zero-order valence-corrected chi connectivity index (χ0v) is 19.5. The summed E-state index contributed by atoms with van der Waals surface area (Å²) in [5.41, 5.74) is 2.47. The van der Waals surface area contributed by atoms with Crippen LogP contribution in [0.2, 0.25) is 0 Å². The van der Waals surface area contributed by atoms with E-state index in [9.17, 15) is 19.2 Å². The molecule has 0 radical (unpaired) electrons. The molecule has 8 heteroatoms. The number of carbonyl (C=O) groups is 4. The molecule has 1 aliphatic rings. The smallest absolute Gasteiger partial charge is 0.340 e. The van der Waals surface area contributed by atoms with Crippen LogP contribution in [-0.4, -0.2) is 42.1 Å². The lowest BCUT2D eigenvalue weighted by Gasteiger charge is -2.20. The summed E-state index contributed by atoms with van der Waals surface area (Å²) in [7, 11) is 1.54. The summed E-state index contributed by atoms with van der Waals surface area (Å²) >= 11 is 0. The number of rotatable bonds is 5. The molecule has 1 aromatic heterocycles. The Kier molecular flexibility index (Phi) is 5.77. The van der Waals surface area contributed by atoms with Crippen molar-refractivity contribution in [2.45, 2.75) is 6.92 Å². The van der Waals surface area contributed by atoms with E-state index in [1.165, 1.54) is 6.07 Å². The van der Waals surface area contributed by atoms with E-state index in [2.05, 4.69) is 10.3 Å². The number of carbonyl (C=O) groups excluding carboxylic acids is 4. The first-order valence-corrected chi connectivity index (χ1v) is 11.1. The van der Waals surface area contributed by atoms with E-state index in [-0.39, 0.29) is 39.5 Å². The number of fused-ring (bicyclic) bond motifs is 3. The topological polar surface area (TPSA) is 112 Å². The Balaban J connectivity index is 1.33. The van der Waals surface area contributed by atoms with Crippen LogP contribution in [0.15, 0.2) is 66.7 Å². The van der Waals surface area contributed by atoms with Gasteiger partial charge in [0, 0.05) is 22.1 Å². The van der Waals surface area contributed by atoms with Crippen molar-refractivity contribution in [3.05, 3.63) is 100 Å². The van der Waals surface area contributed by atoms with Crippen molar-refractivity contribution in [3.63, 3.8) is 0 Å². The minimum Gasteiger partial charge on any atom is -0.497 e. The van der Waals surface area contributed by atoms with E-state index < -0.39 is 18.5 Å². The SMILES string of the molecule is COc1ccc2nc(C)c(C(=O)OCC(=O)Nc3cccc4c3C(=O)c3ccccc3C4=O)cc2c1. The van der Waals surface area contributed by atoms with Crippen molar-refractivity contribution >= 4 is 40.0 Å². The van der Waals surface area contributed by atoms with Gasteiger partial charge >= 0.3 is 5.97 Å². The Morgan fingerprint density at radius 2 is 1.61 bits per heavy atom. The van der Waals surface area contributed by atoms with Crippen molar-refractivity contribution in [1.29, 1.82) is 0 Å². The van der Waals surface area contributed by atoms with Gasteiger partial charge in [0.15, 0.2) is 18.2 Å². The third-order valence-electron chi connectivity index (χ3n) is 5.99. The molecule has 0 unspecified atom stereocenters. The molecule has 0 atom stereocenters. The number of hydrogen-bond acceptors (Lipinski definition) is 7. The number of esters is 1. The minimum atomic E-state index is -0.713. The summed E-state index contributed by atoms with van der Waals surface area (Å²) < 4.78 is 10.4. The lowest BCUT2D eigenvalue weighted by molar-refractivity contribution is -0.119. The number of amides is 1. The average molecular weight is 480 g/mol. The molecule has 0 spiro atoms. The summed E-state index contributed by atoms with van der Waals surface area (Å²) in [4.78, 5) is 55.7. The first kappa shape index (κ1) is 22.9. The highest BCUT2D eigenvalue weighted by Crippen LogP contribution is 2.32. The number of ketones is 2. The molecule has 1 amide bonds. The molecule has 0 bridgehead atoms. The van der Waals surface area contributed by atoms with Gasteiger partial charge in [-0.2, -0.15) is 0 Å². The minimum absolute atomic E-state index is 0.115. The van der Waals surface area contributed by atoms with Gasteiger partial charge in [0.05, 0.1) is 35.1 Å². The number of nitrogens with zero attached hydrogens (tertiary/aromatic N) is 1. The highest BCUT2D eigenvalue weighted by atomic mass is 16.5. The Bertz CT molecular complexity index is 1590. The third kappa shape index (κ3) is 3.98. The second-order valence-corrected chi connectivity index (χ2v) is 8.24. The van der Waals surface area contributed by atoms with Crippen molar-refractivity contribution in [1.82, 2.24) is 4.98 Å². The molecular formula is C28H20N2O6. The summed E-state index contributed by atoms with van der Waals surface area (Å²) in [5, 5.41) is 3.29. The fraction of sp³-hybridized carbons (Fsp3) is 0.107. The predicted molar refractivity (Wildman–Crippen MR) is 132 cm³/mol. The standard InChI is InChI=1S/C28H20N2O6/c1-15-21(13-16-12-17(35-2)10-11-22(16)29-15)28(34)36-14-24(31)30-23-9-5-8-20-25(23)27(33)19-7-4-3-6-18(19)26(20)32/h3-13H,14H2,1-2H3,(H,30,31). The quantitative estimate of drug-likeness (QED) is 0.377.